The maximum Gasteiger partial charge on any atom is 0.434 e. The lowest BCUT2D eigenvalue weighted by Crippen LogP contribution is -2.31. The zero-order valence-electron chi connectivity index (χ0n) is 9.26. The van der Waals surface area contributed by atoms with Crippen LogP contribution in [0.4, 0.5) is 5.95 Å². The van der Waals surface area contributed by atoms with Gasteiger partial charge >= 0.3 is 5.95 Å². The Morgan fingerprint density at radius 2 is 2.00 bits per heavy atom. The van der Waals surface area contributed by atoms with Crippen LogP contribution in [0.1, 0.15) is 0 Å². The lowest BCUT2D eigenvalue weighted by atomic mass is 10.4. The fourth-order valence-electron chi connectivity index (χ4n) is 1.47. The monoisotopic (exact) mass is 280 g/mol. The van der Waals surface area contributed by atoms with Crippen molar-refractivity contribution in [1.29, 1.82) is 0 Å². The van der Waals surface area contributed by atoms with E-state index in [2.05, 4.69) is 9.88 Å². The molecule has 0 atom stereocenters. The molecule has 0 N–H and O–H groups in total. The molecule has 1 heterocycles. The van der Waals surface area contributed by atoms with Crippen molar-refractivity contribution in [3.63, 3.8) is 0 Å². The molecule has 96 valence electrons. The van der Waals surface area contributed by atoms with Gasteiger partial charge in [0.05, 0.1) is 6.54 Å². The fourth-order valence-corrected chi connectivity index (χ4v) is 1.95. The van der Waals surface area contributed by atoms with Crippen molar-refractivity contribution in [2.24, 2.45) is 0 Å². The maximum absolute atomic E-state index is 10.6. The normalized spacial score (nSPS) is 11.0. The van der Waals surface area contributed by atoms with Crippen molar-refractivity contribution in [2.45, 2.75) is 6.54 Å². The number of hydrogen-bond acceptors (Lipinski definition) is 4. The molecule has 0 bridgehead atoms. The van der Waals surface area contributed by atoms with E-state index in [4.69, 9.17) is 23.2 Å². The van der Waals surface area contributed by atoms with Crippen LogP contribution in [0.3, 0.4) is 0 Å². The Morgan fingerprint density at radius 1 is 1.35 bits per heavy atom. The minimum atomic E-state index is -0.493. The first-order valence-corrected chi connectivity index (χ1v) is 6.25. The lowest BCUT2D eigenvalue weighted by Gasteiger charge is -2.18. The molecule has 0 fully saturated rings. The Labute approximate surface area is 109 Å². The first-order valence-electron chi connectivity index (χ1n) is 5.19. The zero-order chi connectivity index (χ0) is 12.7. The van der Waals surface area contributed by atoms with E-state index in [1.807, 2.05) is 0 Å². The van der Waals surface area contributed by atoms with Crippen LogP contribution in [-0.2, 0) is 6.54 Å². The first-order chi connectivity index (χ1) is 8.19. The summed E-state index contributed by atoms with van der Waals surface area (Å²) in [5, 5.41) is 10.6. The molecule has 1 rings (SSSR count). The van der Waals surface area contributed by atoms with Crippen LogP contribution in [0.2, 0.25) is 0 Å². The van der Waals surface area contributed by atoms with E-state index in [0.717, 1.165) is 13.1 Å². The molecule has 0 aromatic carbocycles. The molecule has 0 saturated carbocycles. The second-order valence-corrected chi connectivity index (χ2v) is 4.15. The SMILES string of the molecule is O=[N+]([O-])c1nccn1CCN(CCCl)CCCl. The highest BCUT2D eigenvalue weighted by Crippen LogP contribution is 2.07. The van der Waals surface area contributed by atoms with Crippen LogP contribution in [0.15, 0.2) is 12.4 Å². The first kappa shape index (κ1) is 14.2. The van der Waals surface area contributed by atoms with Gasteiger partial charge in [0.1, 0.15) is 12.4 Å². The van der Waals surface area contributed by atoms with E-state index in [1.165, 1.54) is 10.8 Å². The van der Waals surface area contributed by atoms with Crippen LogP contribution in [0.5, 0.6) is 0 Å². The molecule has 1 aromatic heterocycles. The topological polar surface area (TPSA) is 64.2 Å². The molecule has 0 unspecified atom stereocenters. The Balaban J connectivity index is 2.52. The minimum Gasteiger partial charge on any atom is -0.390 e. The van der Waals surface area contributed by atoms with E-state index >= 15 is 0 Å². The third-order valence-electron chi connectivity index (χ3n) is 2.32. The average molecular weight is 281 g/mol. The second kappa shape index (κ2) is 7.47. The number of alkyl halides is 2. The number of nitrogens with zero attached hydrogens (tertiary/aromatic N) is 4. The standard InChI is InChI=1S/C9H14Cl2N4O2/c10-1-4-13(5-2-11)7-8-14-6-3-12-9(14)15(16)17/h3,6H,1-2,4-5,7-8H2. The summed E-state index contributed by atoms with van der Waals surface area (Å²) in [7, 11) is 0. The third kappa shape index (κ3) is 4.49. The van der Waals surface area contributed by atoms with Gasteiger partial charge in [0.15, 0.2) is 0 Å². The van der Waals surface area contributed by atoms with Crippen molar-refractivity contribution in [3.05, 3.63) is 22.5 Å². The number of halogens is 2. The van der Waals surface area contributed by atoms with E-state index in [9.17, 15) is 10.1 Å². The highest BCUT2D eigenvalue weighted by molar-refractivity contribution is 6.18. The molecule has 8 heteroatoms. The van der Waals surface area contributed by atoms with Gasteiger partial charge in [0.2, 0.25) is 0 Å². The van der Waals surface area contributed by atoms with Crippen LogP contribution in [-0.4, -0.2) is 50.8 Å². The van der Waals surface area contributed by atoms with Gasteiger partial charge in [-0.1, -0.05) is 4.98 Å². The van der Waals surface area contributed by atoms with Crippen molar-refractivity contribution >= 4 is 29.2 Å². The quantitative estimate of drug-likeness (QED) is 0.412. The maximum atomic E-state index is 10.6. The van der Waals surface area contributed by atoms with Gasteiger partial charge in [-0.05, 0) is 4.92 Å². The van der Waals surface area contributed by atoms with E-state index in [1.54, 1.807) is 6.20 Å². The van der Waals surface area contributed by atoms with Crippen LogP contribution in [0.25, 0.3) is 0 Å². The van der Waals surface area contributed by atoms with Gasteiger partial charge in [-0.3, -0.25) is 4.90 Å². The Kier molecular flexibility index (Phi) is 6.25. The molecule has 6 nitrogen and oxygen atoms in total. The van der Waals surface area contributed by atoms with Gasteiger partial charge in [-0.2, -0.15) is 0 Å². The van der Waals surface area contributed by atoms with Gasteiger partial charge in [-0.25, -0.2) is 4.57 Å². The van der Waals surface area contributed by atoms with Crippen LogP contribution >= 0.6 is 23.2 Å². The molecule has 0 saturated heterocycles. The van der Waals surface area contributed by atoms with Crippen molar-refractivity contribution in [2.75, 3.05) is 31.4 Å². The number of nitro groups is 1. The number of imidazole rings is 1. The fraction of sp³-hybridized carbons (Fsp3) is 0.667. The lowest BCUT2D eigenvalue weighted by molar-refractivity contribution is -0.396. The molecule has 0 radical (unpaired) electrons. The summed E-state index contributed by atoms with van der Waals surface area (Å²) in [6, 6.07) is 0. The molecule has 0 spiro atoms. The summed E-state index contributed by atoms with van der Waals surface area (Å²) in [6.07, 6.45) is 3.02. The molecule has 17 heavy (non-hydrogen) atoms. The van der Waals surface area contributed by atoms with Gasteiger partial charge in [0.25, 0.3) is 0 Å². The van der Waals surface area contributed by atoms with Gasteiger partial charge < -0.3 is 10.1 Å². The third-order valence-corrected chi connectivity index (χ3v) is 2.65. The molecular formula is C9H14Cl2N4O2. The van der Waals surface area contributed by atoms with E-state index in [0.29, 0.717) is 24.8 Å². The number of rotatable bonds is 8. The van der Waals surface area contributed by atoms with Crippen molar-refractivity contribution in [1.82, 2.24) is 14.5 Å². The summed E-state index contributed by atoms with van der Waals surface area (Å²) < 4.78 is 1.51. The predicted molar refractivity (Wildman–Crippen MR) is 66.8 cm³/mol. The smallest absolute Gasteiger partial charge is 0.390 e. The molecule has 0 amide bonds. The predicted octanol–water partition coefficient (Wildman–Crippen LogP) is 1.57. The Morgan fingerprint density at radius 3 is 2.53 bits per heavy atom. The summed E-state index contributed by atoms with van der Waals surface area (Å²) in [5.74, 6) is 0.896. The van der Waals surface area contributed by atoms with Crippen molar-refractivity contribution in [3.8, 4) is 0 Å². The second-order valence-electron chi connectivity index (χ2n) is 3.40. The highest BCUT2D eigenvalue weighted by atomic mass is 35.5. The Hall–Kier alpha value is -0.850. The van der Waals surface area contributed by atoms with Gasteiger partial charge in [0, 0.05) is 31.4 Å². The highest BCUT2D eigenvalue weighted by Gasteiger charge is 2.14. The molecule has 0 aliphatic rings. The molecule has 0 aliphatic carbocycles. The largest absolute Gasteiger partial charge is 0.434 e. The minimum absolute atomic E-state index is 0.137. The van der Waals surface area contributed by atoms with Crippen LogP contribution < -0.4 is 0 Å². The van der Waals surface area contributed by atoms with E-state index < -0.39 is 4.92 Å². The number of hydrogen-bond donors (Lipinski definition) is 0. The summed E-state index contributed by atoms with van der Waals surface area (Å²) in [6.45, 7) is 2.61. The number of aromatic nitrogens is 2. The van der Waals surface area contributed by atoms with E-state index in [-0.39, 0.29) is 5.95 Å². The summed E-state index contributed by atoms with van der Waals surface area (Å²) in [4.78, 5) is 15.9. The summed E-state index contributed by atoms with van der Waals surface area (Å²) >= 11 is 11.3. The summed E-state index contributed by atoms with van der Waals surface area (Å²) in [5.41, 5.74) is 0. The average Bonchev–Trinajstić information content (AvgIpc) is 2.74. The van der Waals surface area contributed by atoms with Crippen LogP contribution in [0, 0.1) is 10.1 Å². The zero-order valence-corrected chi connectivity index (χ0v) is 10.8. The molecule has 0 aliphatic heterocycles. The molecule has 1 aromatic rings. The van der Waals surface area contributed by atoms with Gasteiger partial charge in [-0.15, -0.1) is 23.2 Å². The molecular weight excluding hydrogens is 267 g/mol. The Bertz CT molecular complexity index is 353. The van der Waals surface area contributed by atoms with Crippen molar-refractivity contribution < 1.29 is 4.92 Å².